The Balaban J connectivity index is 1.92. The van der Waals surface area contributed by atoms with Crippen LogP contribution in [0.5, 0.6) is 0 Å². The minimum atomic E-state index is -4.08. The highest BCUT2D eigenvalue weighted by atomic mass is 35.5. The molecule has 4 aromatic rings. The van der Waals surface area contributed by atoms with Crippen molar-refractivity contribution in [3.63, 3.8) is 0 Å². The largest absolute Gasteiger partial charge is 0.286 e. The van der Waals surface area contributed by atoms with E-state index in [2.05, 4.69) is 12.2 Å². The van der Waals surface area contributed by atoms with Gasteiger partial charge >= 0.3 is 0 Å². The SMILES string of the molecule is CCC(N[C@@](Cc1ccccc1)(c1ccccc1)N(Cl)S(=O)(=O)c1ccc(C)cc1)c1ccccc1. The highest BCUT2D eigenvalue weighted by molar-refractivity contribution is 7.90. The lowest BCUT2D eigenvalue weighted by Crippen LogP contribution is -2.56. The fourth-order valence-electron chi connectivity index (χ4n) is 4.46. The van der Waals surface area contributed by atoms with Crippen molar-refractivity contribution in [3.8, 4) is 0 Å². The van der Waals surface area contributed by atoms with Crippen LogP contribution in [0.2, 0.25) is 0 Å². The number of nitrogens with zero attached hydrogens (tertiary/aromatic N) is 1. The van der Waals surface area contributed by atoms with E-state index in [0.717, 1.165) is 32.5 Å². The summed E-state index contributed by atoms with van der Waals surface area (Å²) in [4.78, 5) is 0.144. The molecule has 1 unspecified atom stereocenters. The first-order chi connectivity index (χ1) is 17.4. The van der Waals surface area contributed by atoms with Crippen LogP contribution in [-0.4, -0.2) is 12.2 Å². The van der Waals surface area contributed by atoms with Gasteiger partial charge in [0.2, 0.25) is 0 Å². The number of aryl methyl sites for hydroxylation is 1. The van der Waals surface area contributed by atoms with E-state index in [1.807, 2.05) is 97.9 Å². The van der Waals surface area contributed by atoms with Crippen molar-refractivity contribution in [2.45, 2.75) is 43.3 Å². The van der Waals surface area contributed by atoms with Gasteiger partial charge in [-0.05, 0) is 53.9 Å². The van der Waals surface area contributed by atoms with E-state index in [-0.39, 0.29) is 10.9 Å². The van der Waals surface area contributed by atoms with Crippen molar-refractivity contribution < 1.29 is 8.42 Å². The molecule has 0 aliphatic heterocycles. The maximum atomic E-state index is 14.0. The van der Waals surface area contributed by atoms with Crippen molar-refractivity contribution in [1.82, 2.24) is 9.14 Å². The van der Waals surface area contributed by atoms with Gasteiger partial charge in [-0.1, -0.05) is 119 Å². The molecule has 0 aromatic heterocycles. The van der Waals surface area contributed by atoms with Crippen LogP contribution < -0.4 is 5.32 Å². The predicted octanol–water partition coefficient (Wildman–Crippen LogP) is 6.98. The maximum Gasteiger partial charge on any atom is 0.258 e. The maximum absolute atomic E-state index is 14.0. The lowest BCUT2D eigenvalue weighted by atomic mass is 9.90. The second-order valence-electron chi connectivity index (χ2n) is 8.94. The van der Waals surface area contributed by atoms with Crippen LogP contribution in [-0.2, 0) is 22.1 Å². The Labute approximate surface area is 219 Å². The molecule has 2 atom stereocenters. The van der Waals surface area contributed by atoms with Gasteiger partial charge in [0.15, 0.2) is 0 Å². The van der Waals surface area contributed by atoms with E-state index >= 15 is 0 Å². The van der Waals surface area contributed by atoms with Gasteiger partial charge in [-0.2, -0.15) is 0 Å². The van der Waals surface area contributed by atoms with E-state index in [1.165, 1.54) is 0 Å². The molecular weight excluding hydrogens is 488 g/mol. The second kappa shape index (κ2) is 11.4. The van der Waals surface area contributed by atoms with Crippen molar-refractivity contribution in [1.29, 1.82) is 0 Å². The number of sulfonamides is 1. The van der Waals surface area contributed by atoms with Gasteiger partial charge in [0.25, 0.3) is 10.0 Å². The van der Waals surface area contributed by atoms with Crippen LogP contribution in [0.3, 0.4) is 0 Å². The summed E-state index contributed by atoms with van der Waals surface area (Å²) < 4.78 is 29.0. The molecule has 4 aromatic carbocycles. The average Bonchev–Trinajstić information content (AvgIpc) is 2.92. The van der Waals surface area contributed by atoms with Gasteiger partial charge in [0, 0.05) is 12.5 Å². The Morgan fingerprint density at radius 2 is 1.33 bits per heavy atom. The predicted molar refractivity (Wildman–Crippen MR) is 147 cm³/mol. The molecule has 4 nitrogen and oxygen atoms in total. The van der Waals surface area contributed by atoms with Crippen molar-refractivity contribution in [2.75, 3.05) is 0 Å². The molecule has 36 heavy (non-hydrogen) atoms. The van der Waals surface area contributed by atoms with Gasteiger partial charge < -0.3 is 0 Å². The van der Waals surface area contributed by atoms with Gasteiger partial charge in [0.05, 0.1) is 4.90 Å². The zero-order valence-corrected chi connectivity index (χ0v) is 22.1. The zero-order valence-electron chi connectivity index (χ0n) is 20.5. The van der Waals surface area contributed by atoms with Crippen LogP contribution in [0.4, 0.5) is 0 Å². The Hall–Kier alpha value is -2.96. The number of hydrogen-bond donors (Lipinski definition) is 1. The number of halogens is 1. The first kappa shape index (κ1) is 26.1. The van der Waals surface area contributed by atoms with E-state index in [1.54, 1.807) is 24.3 Å². The molecule has 0 saturated carbocycles. The Kier molecular flexibility index (Phi) is 8.27. The van der Waals surface area contributed by atoms with Crippen LogP contribution in [0.15, 0.2) is 120 Å². The third-order valence-electron chi connectivity index (χ3n) is 6.41. The standard InChI is InChI=1S/C30H31ClN2O2S/c1-3-29(26-15-9-5-10-16-26)32-30(27-17-11-6-12-18-27,23-25-13-7-4-8-14-25)33(31)36(34,35)28-21-19-24(2)20-22-28/h4-22,29,32H,3,23H2,1-2H3/t29?,30-/m1/s1. The molecule has 1 N–H and O–H groups in total. The minimum absolute atomic E-state index is 0.144. The molecule has 0 fully saturated rings. The van der Waals surface area contributed by atoms with Crippen LogP contribution >= 0.6 is 11.8 Å². The zero-order chi connectivity index (χ0) is 25.6. The molecule has 6 heteroatoms. The Morgan fingerprint density at radius 3 is 1.89 bits per heavy atom. The summed E-state index contributed by atoms with van der Waals surface area (Å²) in [7, 11) is -4.08. The number of nitrogens with one attached hydrogen (secondary N) is 1. The highest BCUT2D eigenvalue weighted by Crippen LogP contribution is 2.39. The Morgan fingerprint density at radius 1 is 0.806 bits per heavy atom. The summed E-state index contributed by atoms with van der Waals surface area (Å²) in [6.07, 6.45) is 1.07. The van der Waals surface area contributed by atoms with Crippen LogP contribution in [0.25, 0.3) is 0 Å². The third kappa shape index (κ3) is 5.55. The number of hydrogen-bond acceptors (Lipinski definition) is 3. The van der Waals surface area contributed by atoms with Gasteiger partial charge in [-0.15, -0.1) is 0 Å². The summed E-state index contributed by atoms with van der Waals surface area (Å²) in [5, 5.41) is 3.70. The normalized spacial score (nSPS) is 14.3. The average molecular weight is 519 g/mol. The summed E-state index contributed by atoms with van der Waals surface area (Å²) in [6.45, 7) is 4.00. The number of benzene rings is 4. The molecule has 0 heterocycles. The summed E-state index contributed by atoms with van der Waals surface area (Å²) >= 11 is 7.03. The van der Waals surface area contributed by atoms with E-state index in [9.17, 15) is 8.42 Å². The van der Waals surface area contributed by atoms with E-state index in [4.69, 9.17) is 11.8 Å². The third-order valence-corrected chi connectivity index (χ3v) is 8.84. The smallest absolute Gasteiger partial charge is 0.258 e. The summed E-state index contributed by atoms with van der Waals surface area (Å²) in [6, 6.07) is 36.1. The van der Waals surface area contributed by atoms with Crippen molar-refractivity contribution in [3.05, 3.63) is 138 Å². The fourth-order valence-corrected chi connectivity index (χ4v) is 6.20. The van der Waals surface area contributed by atoms with Crippen molar-refractivity contribution in [2.24, 2.45) is 0 Å². The first-order valence-corrected chi connectivity index (χ1v) is 13.8. The monoisotopic (exact) mass is 518 g/mol. The second-order valence-corrected chi connectivity index (χ2v) is 11.3. The van der Waals surface area contributed by atoms with E-state index in [0.29, 0.717) is 6.42 Å². The lowest BCUT2D eigenvalue weighted by molar-refractivity contribution is 0.185. The quantitative estimate of drug-likeness (QED) is 0.182. The molecule has 0 radical (unpaired) electrons. The van der Waals surface area contributed by atoms with Gasteiger partial charge in [0.1, 0.15) is 5.66 Å². The van der Waals surface area contributed by atoms with Crippen LogP contribution in [0, 0.1) is 6.92 Å². The highest BCUT2D eigenvalue weighted by Gasteiger charge is 2.46. The molecule has 0 aliphatic carbocycles. The number of rotatable bonds is 10. The molecule has 0 amide bonds. The topological polar surface area (TPSA) is 49.4 Å². The first-order valence-electron chi connectivity index (χ1n) is 12.1. The minimum Gasteiger partial charge on any atom is -0.286 e. The van der Waals surface area contributed by atoms with Crippen molar-refractivity contribution >= 4 is 21.8 Å². The van der Waals surface area contributed by atoms with E-state index < -0.39 is 15.7 Å². The molecule has 0 spiro atoms. The lowest BCUT2D eigenvalue weighted by Gasteiger charge is -2.43. The molecule has 4 rings (SSSR count). The van der Waals surface area contributed by atoms with Crippen LogP contribution in [0.1, 0.15) is 41.6 Å². The van der Waals surface area contributed by atoms with Gasteiger partial charge in [-0.3, -0.25) is 5.32 Å². The molecule has 0 bridgehead atoms. The summed E-state index contributed by atoms with van der Waals surface area (Å²) in [5.41, 5.74) is 2.48. The molecular formula is C30H31ClN2O2S. The molecule has 0 saturated heterocycles. The fraction of sp³-hybridized carbons (Fsp3) is 0.200. The molecule has 186 valence electrons. The summed E-state index contributed by atoms with van der Waals surface area (Å²) in [5.74, 6) is 0. The molecule has 0 aliphatic rings. The van der Waals surface area contributed by atoms with Gasteiger partial charge in [-0.25, -0.2) is 8.42 Å². The Bertz CT molecular complexity index is 1350.